The average molecular weight is 377 g/mol. The molecule has 0 fully saturated rings. The fourth-order valence-corrected chi connectivity index (χ4v) is 2.39. The summed E-state index contributed by atoms with van der Waals surface area (Å²) >= 11 is 6.04. The molecule has 0 saturated carbocycles. The number of hydrogen-bond donors (Lipinski definition) is 2. The maximum absolute atomic E-state index is 12.0. The van der Waals surface area contributed by atoms with Crippen LogP contribution < -0.4 is 15.4 Å². The van der Waals surface area contributed by atoms with Crippen LogP contribution in [0.25, 0.3) is 0 Å². The number of anilines is 1. The van der Waals surface area contributed by atoms with Crippen LogP contribution in [-0.4, -0.2) is 32.3 Å². The van der Waals surface area contributed by atoms with Gasteiger partial charge in [-0.15, -0.1) is 0 Å². The summed E-state index contributed by atoms with van der Waals surface area (Å²) < 4.78 is 10.3. The van der Waals surface area contributed by atoms with E-state index in [0.29, 0.717) is 29.4 Å². The van der Waals surface area contributed by atoms with Crippen molar-refractivity contribution < 1.29 is 19.1 Å². The van der Waals surface area contributed by atoms with E-state index in [2.05, 4.69) is 15.4 Å². The van der Waals surface area contributed by atoms with Gasteiger partial charge in [-0.05, 0) is 49.2 Å². The van der Waals surface area contributed by atoms with Crippen LogP contribution in [0.15, 0.2) is 36.4 Å². The summed E-state index contributed by atoms with van der Waals surface area (Å²) in [6.07, 6.45) is 0. The predicted octanol–water partition coefficient (Wildman–Crippen LogP) is 3.94. The van der Waals surface area contributed by atoms with Gasteiger partial charge in [-0.25, -0.2) is 9.59 Å². The number of hydrogen-bond acceptors (Lipinski definition) is 4. The molecule has 2 aromatic rings. The summed E-state index contributed by atoms with van der Waals surface area (Å²) in [7, 11) is 1.28. The fraction of sp³-hybridized carbons (Fsp3) is 0.263. The first-order valence-corrected chi connectivity index (χ1v) is 8.41. The van der Waals surface area contributed by atoms with E-state index >= 15 is 0 Å². The molecule has 2 aromatic carbocycles. The van der Waals surface area contributed by atoms with Crippen LogP contribution in [0.5, 0.6) is 5.75 Å². The van der Waals surface area contributed by atoms with Gasteiger partial charge in [0.1, 0.15) is 12.4 Å². The second-order valence-electron chi connectivity index (χ2n) is 5.68. The van der Waals surface area contributed by atoms with E-state index in [1.807, 2.05) is 32.0 Å². The van der Waals surface area contributed by atoms with Gasteiger partial charge in [0.2, 0.25) is 0 Å². The van der Waals surface area contributed by atoms with Crippen molar-refractivity contribution in [2.75, 3.05) is 25.6 Å². The minimum Gasteiger partial charge on any atom is -0.491 e. The summed E-state index contributed by atoms with van der Waals surface area (Å²) in [6.45, 7) is 4.59. The SMILES string of the molecule is COC(=O)c1ccc(Cl)c(NC(=O)NCCOc2cc(C)ccc2C)c1. The number of rotatable bonds is 6. The molecule has 0 unspecified atom stereocenters. The molecule has 0 heterocycles. The molecule has 0 bridgehead atoms. The summed E-state index contributed by atoms with van der Waals surface area (Å²) in [5, 5.41) is 5.60. The topological polar surface area (TPSA) is 76.7 Å². The van der Waals surface area contributed by atoms with E-state index in [1.54, 1.807) is 0 Å². The van der Waals surface area contributed by atoms with E-state index in [0.717, 1.165) is 16.9 Å². The molecule has 0 radical (unpaired) electrons. The molecule has 0 saturated heterocycles. The highest BCUT2D eigenvalue weighted by Crippen LogP contribution is 2.23. The number of aryl methyl sites for hydroxylation is 2. The van der Waals surface area contributed by atoms with Crippen molar-refractivity contribution in [1.82, 2.24) is 5.32 Å². The smallest absolute Gasteiger partial charge is 0.337 e. The second-order valence-corrected chi connectivity index (χ2v) is 6.09. The van der Waals surface area contributed by atoms with Gasteiger partial charge in [0.25, 0.3) is 0 Å². The van der Waals surface area contributed by atoms with Crippen molar-refractivity contribution in [3.63, 3.8) is 0 Å². The number of esters is 1. The van der Waals surface area contributed by atoms with Crippen LogP contribution in [0.4, 0.5) is 10.5 Å². The number of carbonyl (C=O) groups excluding carboxylic acids is 2. The summed E-state index contributed by atoms with van der Waals surface area (Å²) in [6, 6.07) is 10.0. The van der Waals surface area contributed by atoms with Crippen molar-refractivity contribution in [2.24, 2.45) is 0 Å². The Labute approximate surface area is 157 Å². The van der Waals surface area contributed by atoms with Crippen LogP contribution >= 0.6 is 11.6 Å². The van der Waals surface area contributed by atoms with Gasteiger partial charge in [0.15, 0.2) is 0 Å². The first-order chi connectivity index (χ1) is 12.4. The Kier molecular flexibility index (Phi) is 6.86. The monoisotopic (exact) mass is 376 g/mol. The van der Waals surface area contributed by atoms with Gasteiger partial charge in [0.05, 0.1) is 29.9 Å². The number of halogens is 1. The molecule has 7 heteroatoms. The molecule has 26 heavy (non-hydrogen) atoms. The van der Waals surface area contributed by atoms with E-state index < -0.39 is 12.0 Å². The zero-order valence-corrected chi connectivity index (χ0v) is 15.6. The Morgan fingerprint density at radius 3 is 2.62 bits per heavy atom. The summed E-state index contributed by atoms with van der Waals surface area (Å²) in [4.78, 5) is 23.5. The van der Waals surface area contributed by atoms with Crippen molar-refractivity contribution in [3.8, 4) is 5.75 Å². The molecule has 0 aliphatic rings. The fourth-order valence-electron chi connectivity index (χ4n) is 2.22. The van der Waals surface area contributed by atoms with Gasteiger partial charge in [0, 0.05) is 0 Å². The second kappa shape index (κ2) is 9.10. The number of nitrogens with one attached hydrogen (secondary N) is 2. The van der Waals surface area contributed by atoms with E-state index in [9.17, 15) is 9.59 Å². The third-order valence-electron chi connectivity index (χ3n) is 3.62. The highest BCUT2D eigenvalue weighted by atomic mass is 35.5. The lowest BCUT2D eigenvalue weighted by molar-refractivity contribution is 0.0600. The minimum atomic E-state index is -0.507. The molecular formula is C19H21ClN2O4. The van der Waals surface area contributed by atoms with Gasteiger partial charge in [-0.3, -0.25) is 0 Å². The number of urea groups is 1. The van der Waals surface area contributed by atoms with Crippen LogP contribution in [-0.2, 0) is 4.74 Å². The van der Waals surface area contributed by atoms with Crippen LogP contribution in [0.1, 0.15) is 21.5 Å². The molecule has 0 atom stereocenters. The number of carbonyl (C=O) groups is 2. The predicted molar refractivity (Wildman–Crippen MR) is 101 cm³/mol. The van der Waals surface area contributed by atoms with E-state index in [1.165, 1.54) is 25.3 Å². The van der Waals surface area contributed by atoms with Gasteiger partial charge < -0.3 is 20.1 Å². The zero-order valence-electron chi connectivity index (χ0n) is 14.9. The van der Waals surface area contributed by atoms with Crippen LogP contribution in [0.3, 0.4) is 0 Å². The number of amides is 2. The van der Waals surface area contributed by atoms with Crippen molar-refractivity contribution in [2.45, 2.75) is 13.8 Å². The molecule has 0 spiro atoms. The maximum atomic E-state index is 12.0. The average Bonchev–Trinajstić information content (AvgIpc) is 2.62. The normalized spacial score (nSPS) is 10.2. The first-order valence-electron chi connectivity index (χ1n) is 8.03. The highest BCUT2D eigenvalue weighted by molar-refractivity contribution is 6.33. The molecule has 2 amide bonds. The van der Waals surface area contributed by atoms with E-state index in [-0.39, 0.29) is 0 Å². The zero-order chi connectivity index (χ0) is 19.1. The molecule has 0 aliphatic carbocycles. The summed E-state index contributed by atoms with van der Waals surface area (Å²) in [5.41, 5.74) is 2.76. The Morgan fingerprint density at radius 2 is 1.88 bits per heavy atom. The largest absolute Gasteiger partial charge is 0.491 e. The number of ether oxygens (including phenoxy) is 2. The lowest BCUT2D eigenvalue weighted by Gasteiger charge is -2.12. The lowest BCUT2D eigenvalue weighted by Crippen LogP contribution is -2.32. The molecule has 2 rings (SSSR count). The highest BCUT2D eigenvalue weighted by Gasteiger charge is 2.11. The molecule has 0 aliphatic heterocycles. The molecular weight excluding hydrogens is 356 g/mol. The number of methoxy groups -OCH3 is 1. The molecule has 0 aromatic heterocycles. The minimum absolute atomic E-state index is 0.297. The quantitative estimate of drug-likeness (QED) is 0.591. The van der Waals surface area contributed by atoms with Crippen LogP contribution in [0, 0.1) is 13.8 Å². The Hall–Kier alpha value is -2.73. The van der Waals surface area contributed by atoms with Gasteiger partial charge in [-0.2, -0.15) is 0 Å². The van der Waals surface area contributed by atoms with Crippen molar-refractivity contribution in [3.05, 3.63) is 58.1 Å². The van der Waals surface area contributed by atoms with Gasteiger partial charge >= 0.3 is 12.0 Å². The maximum Gasteiger partial charge on any atom is 0.337 e. The van der Waals surface area contributed by atoms with Crippen molar-refractivity contribution >= 4 is 29.3 Å². The third kappa shape index (κ3) is 5.39. The van der Waals surface area contributed by atoms with Crippen molar-refractivity contribution in [1.29, 1.82) is 0 Å². The Morgan fingerprint density at radius 1 is 1.12 bits per heavy atom. The first kappa shape index (κ1) is 19.6. The Balaban J connectivity index is 1.85. The molecule has 6 nitrogen and oxygen atoms in total. The standard InChI is InChI=1S/C19H21ClN2O4/c1-12-4-5-13(2)17(10-12)26-9-8-21-19(24)22-16-11-14(18(23)25-3)6-7-15(16)20/h4-7,10-11H,8-9H2,1-3H3,(H2,21,22,24). The number of benzene rings is 2. The van der Waals surface area contributed by atoms with E-state index in [4.69, 9.17) is 16.3 Å². The van der Waals surface area contributed by atoms with Crippen LogP contribution in [0.2, 0.25) is 5.02 Å². The summed E-state index contributed by atoms with van der Waals surface area (Å²) in [5.74, 6) is 0.285. The molecule has 138 valence electrons. The molecule has 2 N–H and O–H groups in total. The lowest BCUT2D eigenvalue weighted by atomic mass is 10.1. The third-order valence-corrected chi connectivity index (χ3v) is 3.95. The van der Waals surface area contributed by atoms with Gasteiger partial charge in [-0.1, -0.05) is 23.7 Å². The Bertz CT molecular complexity index is 808.